The number of aliphatic hydroxyl groups excluding tert-OH is 2. The maximum absolute atomic E-state index is 13.2. The fourth-order valence-corrected chi connectivity index (χ4v) is 8.42. The summed E-state index contributed by atoms with van der Waals surface area (Å²) in [5, 5.41) is 23.7. The molecule has 0 aromatic carbocycles. The van der Waals surface area contributed by atoms with Crippen LogP contribution in [0.3, 0.4) is 0 Å². The number of carbonyl (C=O) groups is 2. The minimum atomic E-state index is -0.784. The lowest BCUT2D eigenvalue weighted by molar-refractivity contribution is -0.151. The number of allylic oxidation sites excluding steroid dienone is 4. The van der Waals surface area contributed by atoms with Crippen molar-refractivity contribution in [1.29, 1.82) is 0 Å². The molecular weight excluding hydrogens is 755 g/mol. The van der Waals surface area contributed by atoms with Crippen LogP contribution in [0.2, 0.25) is 0 Å². The Morgan fingerprint density at radius 3 is 1.25 bits per heavy atom. The van der Waals surface area contributed by atoms with Crippen molar-refractivity contribution in [3.05, 3.63) is 24.3 Å². The van der Waals surface area contributed by atoms with E-state index in [2.05, 4.69) is 50.4 Å². The van der Waals surface area contributed by atoms with Crippen LogP contribution in [0.25, 0.3) is 0 Å². The summed E-state index contributed by atoms with van der Waals surface area (Å²) in [5.41, 5.74) is 0. The van der Waals surface area contributed by atoms with Crippen LogP contribution in [-0.2, 0) is 14.3 Å². The van der Waals surface area contributed by atoms with Gasteiger partial charge in [0.05, 0.1) is 25.2 Å². The summed E-state index contributed by atoms with van der Waals surface area (Å²) in [4.78, 5) is 26.2. The molecule has 3 N–H and O–H groups in total. The van der Waals surface area contributed by atoms with E-state index in [1.807, 2.05) is 0 Å². The normalized spacial score (nSPS) is 13.3. The zero-order valence-corrected chi connectivity index (χ0v) is 41.1. The average molecular weight is 860 g/mol. The lowest BCUT2D eigenvalue weighted by Gasteiger charge is -2.24. The van der Waals surface area contributed by atoms with E-state index < -0.39 is 18.2 Å². The van der Waals surface area contributed by atoms with E-state index in [0.29, 0.717) is 19.3 Å². The molecule has 0 saturated heterocycles. The molecule has 0 radical (unpaired) electrons. The fraction of sp³-hybridized carbons (Fsp3) is 0.891. The summed E-state index contributed by atoms with van der Waals surface area (Å²) in [6.07, 6.45) is 56.7. The summed E-state index contributed by atoms with van der Waals surface area (Å²) in [7, 11) is 0. The molecule has 0 aliphatic rings. The van der Waals surface area contributed by atoms with E-state index >= 15 is 0 Å². The van der Waals surface area contributed by atoms with Gasteiger partial charge in [-0.05, 0) is 51.4 Å². The van der Waals surface area contributed by atoms with E-state index in [4.69, 9.17) is 4.74 Å². The van der Waals surface area contributed by atoms with Gasteiger partial charge in [-0.25, -0.2) is 0 Å². The minimum Gasteiger partial charge on any atom is -0.462 e. The molecule has 0 heterocycles. The van der Waals surface area contributed by atoms with Gasteiger partial charge in [-0.15, -0.1) is 0 Å². The van der Waals surface area contributed by atoms with Crippen molar-refractivity contribution in [2.75, 3.05) is 6.61 Å². The molecule has 0 aliphatic heterocycles. The Balaban J connectivity index is 4.55. The van der Waals surface area contributed by atoms with Crippen LogP contribution in [0.4, 0.5) is 0 Å². The standard InChI is InChI=1S/C55H105NO5/c1-4-7-10-13-16-19-22-24-26-27-29-30-32-34-37-40-43-46-51(61-55(60)48-45-42-39-36-33-31-28-25-23-20-17-14-11-8-5-2)49-54(59)56-52(50-57)53(58)47-44-41-38-35-21-18-15-12-9-6-3/h17,20,23,25,51-53,57-58H,4-16,18-19,21-22,24,26-50H2,1-3H3,(H,56,59)/b20-17+,25-23+. The van der Waals surface area contributed by atoms with Crippen LogP contribution >= 0.6 is 0 Å². The number of unbranched alkanes of at least 4 members (excludes halogenated alkanes) is 34. The van der Waals surface area contributed by atoms with Gasteiger partial charge in [-0.3, -0.25) is 9.59 Å². The predicted molar refractivity (Wildman–Crippen MR) is 264 cm³/mol. The first-order valence-electron chi connectivity index (χ1n) is 27.1. The molecule has 1 amide bonds. The van der Waals surface area contributed by atoms with Crippen molar-refractivity contribution in [2.24, 2.45) is 0 Å². The second kappa shape index (κ2) is 49.4. The summed E-state index contributed by atoms with van der Waals surface area (Å²) in [5.74, 6) is -0.471. The largest absolute Gasteiger partial charge is 0.462 e. The maximum atomic E-state index is 13.2. The maximum Gasteiger partial charge on any atom is 0.306 e. The van der Waals surface area contributed by atoms with E-state index in [1.165, 1.54) is 193 Å². The van der Waals surface area contributed by atoms with E-state index in [0.717, 1.165) is 51.4 Å². The molecule has 0 aliphatic carbocycles. The van der Waals surface area contributed by atoms with Gasteiger partial charge in [0, 0.05) is 6.42 Å². The topological polar surface area (TPSA) is 95.9 Å². The number of hydrogen-bond donors (Lipinski definition) is 3. The summed E-state index contributed by atoms with van der Waals surface area (Å²) in [6.45, 7) is 6.47. The van der Waals surface area contributed by atoms with Crippen LogP contribution in [0.15, 0.2) is 24.3 Å². The van der Waals surface area contributed by atoms with E-state index in [-0.39, 0.29) is 24.9 Å². The van der Waals surface area contributed by atoms with E-state index in [9.17, 15) is 19.8 Å². The monoisotopic (exact) mass is 860 g/mol. The van der Waals surface area contributed by atoms with Crippen molar-refractivity contribution in [1.82, 2.24) is 5.32 Å². The summed E-state index contributed by atoms with van der Waals surface area (Å²) in [6, 6.07) is -0.698. The number of amides is 1. The Hall–Kier alpha value is -1.66. The van der Waals surface area contributed by atoms with Crippen molar-refractivity contribution in [3.63, 3.8) is 0 Å². The van der Waals surface area contributed by atoms with Crippen molar-refractivity contribution < 1.29 is 24.5 Å². The molecule has 360 valence electrons. The van der Waals surface area contributed by atoms with Gasteiger partial charge in [-0.2, -0.15) is 0 Å². The molecule has 0 aromatic rings. The third-order valence-corrected chi connectivity index (χ3v) is 12.6. The zero-order chi connectivity index (χ0) is 44.5. The molecule has 0 spiro atoms. The summed E-state index contributed by atoms with van der Waals surface area (Å²) >= 11 is 0. The second-order valence-corrected chi connectivity index (χ2v) is 18.7. The number of hydrogen-bond acceptors (Lipinski definition) is 5. The number of aliphatic hydroxyl groups is 2. The highest BCUT2D eigenvalue weighted by Gasteiger charge is 2.24. The molecular formula is C55H105NO5. The lowest BCUT2D eigenvalue weighted by atomic mass is 10.0. The zero-order valence-electron chi connectivity index (χ0n) is 41.1. The van der Waals surface area contributed by atoms with Gasteiger partial charge in [-0.1, -0.05) is 251 Å². The number of carbonyl (C=O) groups excluding carboxylic acids is 2. The van der Waals surface area contributed by atoms with Crippen LogP contribution in [0.5, 0.6) is 0 Å². The van der Waals surface area contributed by atoms with Crippen LogP contribution in [0, 0.1) is 0 Å². The van der Waals surface area contributed by atoms with Crippen LogP contribution in [0.1, 0.15) is 290 Å². The van der Waals surface area contributed by atoms with E-state index in [1.54, 1.807) is 0 Å². The summed E-state index contributed by atoms with van der Waals surface area (Å²) < 4.78 is 5.95. The molecule has 3 atom stereocenters. The first-order chi connectivity index (χ1) is 30.0. The van der Waals surface area contributed by atoms with Gasteiger partial charge in [0.2, 0.25) is 5.91 Å². The van der Waals surface area contributed by atoms with Gasteiger partial charge in [0.25, 0.3) is 0 Å². The Bertz CT molecular complexity index is 966. The lowest BCUT2D eigenvalue weighted by Crippen LogP contribution is -2.46. The Morgan fingerprint density at radius 2 is 0.820 bits per heavy atom. The molecule has 0 rings (SSSR count). The second-order valence-electron chi connectivity index (χ2n) is 18.7. The third kappa shape index (κ3) is 44.7. The van der Waals surface area contributed by atoms with Crippen LogP contribution in [-0.4, -0.2) is 46.9 Å². The van der Waals surface area contributed by atoms with Gasteiger partial charge in [0.15, 0.2) is 0 Å². The quantitative estimate of drug-likeness (QED) is 0.0322. The first kappa shape index (κ1) is 59.3. The molecule has 0 bridgehead atoms. The average Bonchev–Trinajstić information content (AvgIpc) is 3.25. The number of rotatable bonds is 49. The molecule has 6 heteroatoms. The Kier molecular flexibility index (Phi) is 48.0. The van der Waals surface area contributed by atoms with Crippen molar-refractivity contribution in [3.8, 4) is 0 Å². The predicted octanol–water partition coefficient (Wildman–Crippen LogP) is 16.3. The number of esters is 1. The molecule has 61 heavy (non-hydrogen) atoms. The SMILES string of the molecule is CCCCC/C=C/C=C/CCCCCCCCC(=O)OC(CCCCCCCCCCCCCCCCCCC)CC(=O)NC(CO)C(O)CCCCCCCCCCCC. The molecule has 6 nitrogen and oxygen atoms in total. The van der Waals surface area contributed by atoms with Crippen molar-refractivity contribution >= 4 is 11.9 Å². The van der Waals surface area contributed by atoms with Gasteiger partial charge < -0.3 is 20.3 Å². The highest BCUT2D eigenvalue weighted by Crippen LogP contribution is 2.19. The highest BCUT2D eigenvalue weighted by molar-refractivity contribution is 5.77. The Labute approximate surface area is 380 Å². The highest BCUT2D eigenvalue weighted by atomic mass is 16.5. The molecule has 3 unspecified atom stereocenters. The number of nitrogens with one attached hydrogen (secondary N) is 1. The Morgan fingerprint density at radius 1 is 0.475 bits per heavy atom. The number of ether oxygens (including phenoxy) is 1. The molecule has 0 aromatic heterocycles. The minimum absolute atomic E-state index is 0.0785. The molecule has 0 fully saturated rings. The van der Waals surface area contributed by atoms with Gasteiger partial charge in [0.1, 0.15) is 6.10 Å². The molecule has 0 saturated carbocycles. The van der Waals surface area contributed by atoms with Gasteiger partial charge >= 0.3 is 5.97 Å². The smallest absolute Gasteiger partial charge is 0.306 e. The first-order valence-corrected chi connectivity index (χ1v) is 27.1. The van der Waals surface area contributed by atoms with Crippen LogP contribution < -0.4 is 5.32 Å². The third-order valence-electron chi connectivity index (χ3n) is 12.6. The van der Waals surface area contributed by atoms with Crippen molar-refractivity contribution in [2.45, 2.75) is 309 Å². The fourth-order valence-electron chi connectivity index (χ4n) is 8.42.